The van der Waals surface area contributed by atoms with Crippen molar-refractivity contribution in [1.29, 1.82) is 0 Å². The first-order valence-electron chi connectivity index (χ1n) is 10.5. The Kier molecular flexibility index (Phi) is 7.79. The van der Waals surface area contributed by atoms with Crippen molar-refractivity contribution in [3.8, 4) is 11.1 Å². The van der Waals surface area contributed by atoms with Crippen LogP contribution in [0.15, 0.2) is 53.6 Å². The van der Waals surface area contributed by atoms with E-state index in [0.29, 0.717) is 17.5 Å². The maximum absolute atomic E-state index is 13.2. The Balaban J connectivity index is 0.00000306. The predicted molar refractivity (Wildman–Crippen MR) is 121 cm³/mol. The van der Waals surface area contributed by atoms with E-state index < -0.39 is 29.5 Å². The second kappa shape index (κ2) is 10.2. The molecule has 0 spiro atoms. The third-order valence-electron chi connectivity index (χ3n) is 5.84. The van der Waals surface area contributed by atoms with Crippen LogP contribution in [0.2, 0.25) is 0 Å². The van der Waals surface area contributed by atoms with Crippen molar-refractivity contribution >= 4 is 23.3 Å². The molecule has 3 aromatic rings. The number of benzene rings is 2. The molecule has 0 amide bonds. The minimum atomic E-state index is -4.50. The number of nitrogens with one attached hydrogen (secondary N) is 1. The van der Waals surface area contributed by atoms with Crippen LogP contribution in [0.1, 0.15) is 24.8 Å². The van der Waals surface area contributed by atoms with E-state index in [4.69, 9.17) is 0 Å². The number of piperidine rings is 1. The maximum Gasteiger partial charge on any atom is 0.416 e. The highest BCUT2D eigenvalue weighted by atomic mass is 35.5. The predicted octanol–water partition coefficient (Wildman–Crippen LogP) is 3.37. The molecule has 33 heavy (non-hydrogen) atoms. The number of hydrogen-bond acceptors (Lipinski definition) is 5. The van der Waals surface area contributed by atoms with Crippen LogP contribution in [-0.2, 0) is 12.7 Å². The van der Waals surface area contributed by atoms with E-state index >= 15 is 0 Å². The van der Waals surface area contributed by atoms with Gasteiger partial charge in [-0.1, -0.05) is 24.3 Å². The van der Waals surface area contributed by atoms with Crippen molar-refractivity contribution in [2.45, 2.75) is 50.2 Å². The molecule has 0 bridgehead atoms. The number of aliphatic hydroxyl groups is 2. The summed E-state index contributed by atoms with van der Waals surface area (Å²) in [5, 5.41) is 24.0. The average molecular weight is 484 g/mol. The zero-order chi connectivity index (χ0) is 22.9. The molecule has 1 fully saturated rings. The van der Waals surface area contributed by atoms with E-state index in [1.165, 1.54) is 23.0 Å². The van der Waals surface area contributed by atoms with E-state index in [1.807, 2.05) is 0 Å². The van der Waals surface area contributed by atoms with Gasteiger partial charge in [0.2, 0.25) is 0 Å². The van der Waals surface area contributed by atoms with Crippen LogP contribution < -0.4 is 10.9 Å². The van der Waals surface area contributed by atoms with Gasteiger partial charge in [0.25, 0.3) is 5.56 Å². The fraction of sp³-hybridized carbons (Fsp3) is 0.391. The van der Waals surface area contributed by atoms with Crippen molar-refractivity contribution in [3.05, 3.63) is 64.7 Å². The molecule has 6 nitrogen and oxygen atoms in total. The Bertz CT molecular complexity index is 1170. The Morgan fingerprint density at radius 2 is 1.97 bits per heavy atom. The molecule has 1 aliphatic heterocycles. The van der Waals surface area contributed by atoms with Gasteiger partial charge in [0.1, 0.15) is 0 Å². The third-order valence-corrected chi connectivity index (χ3v) is 5.84. The summed E-state index contributed by atoms with van der Waals surface area (Å²) in [6.45, 7) is 0.718. The van der Waals surface area contributed by atoms with Crippen LogP contribution in [0.4, 0.5) is 13.2 Å². The standard InChI is InChI=1S/C23H24F3N3O3.ClH/c24-23(25,26)15-5-1-4-14(10-15)17-6-2-7-18-21(17)22(32)29(13-28-18)12-16(30)11-19-20(31)8-3-9-27-19;/h1-2,4-7,10,13,16,19-20,27,30-31H,3,8-9,11-12H2;1H/t16-,19+,20-;/m0./s1. The quantitative estimate of drug-likeness (QED) is 0.518. The topological polar surface area (TPSA) is 87.4 Å². The number of fused-ring (bicyclic) bond motifs is 1. The lowest BCUT2D eigenvalue weighted by Crippen LogP contribution is -2.47. The summed E-state index contributed by atoms with van der Waals surface area (Å²) in [7, 11) is 0. The fourth-order valence-corrected chi connectivity index (χ4v) is 4.21. The molecule has 0 radical (unpaired) electrons. The minimum absolute atomic E-state index is 0. The Labute approximate surface area is 194 Å². The van der Waals surface area contributed by atoms with Crippen LogP contribution >= 0.6 is 12.4 Å². The van der Waals surface area contributed by atoms with Gasteiger partial charge in [0, 0.05) is 6.04 Å². The van der Waals surface area contributed by atoms with E-state index in [0.717, 1.165) is 25.1 Å². The van der Waals surface area contributed by atoms with Gasteiger partial charge in [-0.3, -0.25) is 9.36 Å². The van der Waals surface area contributed by atoms with E-state index in [-0.39, 0.29) is 42.4 Å². The molecule has 1 aliphatic rings. The molecule has 3 atom stereocenters. The summed E-state index contributed by atoms with van der Waals surface area (Å²) in [5.74, 6) is 0. The molecule has 2 aromatic carbocycles. The van der Waals surface area contributed by atoms with Gasteiger partial charge in [-0.05, 0) is 55.1 Å². The van der Waals surface area contributed by atoms with Crippen LogP contribution in [0.25, 0.3) is 22.0 Å². The average Bonchev–Trinajstić information content (AvgIpc) is 2.76. The number of hydrogen-bond donors (Lipinski definition) is 3. The summed E-state index contributed by atoms with van der Waals surface area (Å²) >= 11 is 0. The summed E-state index contributed by atoms with van der Waals surface area (Å²) in [5.41, 5.74) is -0.277. The first-order valence-corrected chi connectivity index (χ1v) is 10.5. The zero-order valence-electron chi connectivity index (χ0n) is 17.6. The molecule has 1 aromatic heterocycles. The molecular formula is C23H25ClF3N3O3. The molecular weight excluding hydrogens is 459 g/mol. The summed E-state index contributed by atoms with van der Waals surface area (Å²) in [6.07, 6.45) is -2.85. The number of alkyl halides is 3. The first-order chi connectivity index (χ1) is 15.2. The highest BCUT2D eigenvalue weighted by Gasteiger charge is 2.30. The Hall–Kier alpha value is -2.46. The summed E-state index contributed by atoms with van der Waals surface area (Å²) < 4.78 is 40.8. The highest BCUT2D eigenvalue weighted by molar-refractivity contribution is 5.94. The fourth-order valence-electron chi connectivity index (χ4n) is 4.21. The Morgan fingerprint density at radius 1 is 1.21 bits per heavy atom. The molecule has 178 valence electrons. The number of aromatic nitrogens is 2. The second-order valence-electron chi connectivity index (χ2n) is 8.14. The van der Waals surface area contributed by atoms with Gasteiger partial charge >= 0.3 is 6.18 Å². The van der Waals surface area contributed by atoms with Crippen LogP contribution in [0, 0.1) is 0 Å². The lowest BCUT2D eigenvalue weighted by atomic mass is 9.96. The van der Waals surface area contributed by atoms with Gasteiger partial charge in [0.15, 0.2) is 0 Å². The van der Waals surface area contributed by atoms with E-state index in [1.54, 1.807) is 18.2 Å². The van der Waals surface area contributed by atoms with Crippen molar-refractivity contribution in [2.24, 2.45) is 0 Å². The van der Waals surface area contributed by atoms with Gasteiger partial charge in [0.05, 0.1) is 41.5 Å². The molecule has 4 rings (SSSR count). The minimum Gasteiger partial charge on any atom is -0.392 e. The third kappa shape index (κ3) is 5.55. The molecule has 3 N–H and O–H groups in total. The lowest BCUT2D eigenvalue weighted by molar-refractivity contribution is -0.137. The normalized spacial score (nSPS) is 19.8. The largest absolute Gasteiger partial charge is 0.416 e. The molecule has 0 unspecified atom stereocenters. The molecule has 1 saturated heterocycles. The second-order valence-corrected chi connectivity index (χ2v) is 8.14. The highest BCUT2D eigenvalue weighted by Crippen LogP contribution is 2.33. The van der Waals surface area contributed by atoms with Crippen molar-refractivity contribution in [3.63, 3.8) is 0 Å². The smallest absolute Gasteiger partial charge is 0.392 e. The first kappa shape index (κ1) is 25.2. The van der Waals surface area contributed by atoms with Crippen LogP contribution in [0.3, 0.4) is 0 Å². The van der Waals surface area contributed by atoms with Gasteiger partial charge < -0.3 is 15.5 Å². The monoisotopic (exact) mass is 483 g/mol. The van der Waals surface area contributed by atoms with Crippen LogP contribution in [0.5, 0.6) is 0 Å². The molecule has 2 heterocycles. The van der Waals surface area contributed by atoms with Gasteiger partial charge in [-0.2, -0.15) is 13.2 Å². The summed E-state index contributed by atoms with van der Waals surface area (Å²) in [6, 6.07) is 9.40. The molecule has 0 saturated carbocycles. The molecule has 0 aliphatic carbocycles. The number of halogens is 4. The van der Waals surface area contributed by atoms with E-state index in [2.05, 4.69) is 10.3 Å². The van der Waals surface area contributed by atoms with Gasteiger partial charge in [-0.25, -0.2) is 4.98 Å². The summed E-state index contributed by atoms with van der Waals surface area (Å²) in [4.78, 5) is 17.5. The van der Waals surface area contributed by atoms with Crippen molar-refractivity contribution in [1.82, 2.24) is 14.9 Å². The molecule has 10 heteroatoms. The SMILES string of the molecule is Cl.O=c1c2c(-c3cccc(C(F)(F)F)c3)cccc2ncn1C[C@@H](O)C[C@H]1NCCC[C@@H]1O. The maximum atomic E-state index is 13.2. The zero-order valence-corrected chi connectivity index (χ0v) is 18.4. The van der Waals surface area contributed by atoms with Crippen molar-refractivity contribution < 1.29 is 23.4 Å². The number of rotatable bonds is 5. The van der Waals surface area contributed by atoms with Crippen LogP contribution in [-0.4, -0.2) is 44.6 Å². The van der Waals surface area contributed by atoms with Crippen molar-refractivity contribution in [2.75, 3.05) is 6.54 Å². The van der Waals surface area contributed by atoms with Gasteiger partial charge in [-0.15, -0.1) is 12.4 Å². The van der Waals surface area contributed by atoms with E-state index in [9.17, 15) is 28.2 Å². The number of nitrogens with zero attached hydrogens (tertiary/aromatic N) is 2. The number of aliphatic hydroxyl groups excluding tert-OH is 2. The lowest BCUT2D eigenvalue weighted by Gasteiger charge is -2.30. The Morgan fingerprint density at radius 3 is 2.70 bits per heavy atom.